The smallest absolute Gasteiger partial charge is 0.0706 e. The highest BCUT2D eigenvalue weighted by atomic mass is 79.9. The van der Waals surface area contributed by atoms with E-state index >= 15 is 0 Å². The Morgan fingerprint density at radius 3 is 2.84 bits per heavy atom. The average molecular weight is 333 g/mol. The molecule has 3 aromatic rings. The van der Waals surface area contributed by atoms with Crippen LogP contribution in [0.1, 0.15) is 16.6 Å². The van der Waals surface area contributed by atoms with Crippen molar-refractivity contribution in [2.45, 2.75) is 12.5 Å². The van der Waals surface area contributed by atoms with E-state index in [1.54, 1.807) is 11.3 Å². The Balaban J connectivity index is 1.86. The first-order valence-electron chi connectivity index (χ1n) is 6.06. The molecule has 0 spiro atoms. The van der Waals surface area contributed by atoms with Gasteiger partial charge in [-0.3, -0.25) is 4.98 Å². The number of pyridine rings is 1. The number of hydrogen-bond donors (Lipinski definition) is 1. The van der Waals surface area contributed by atoms with Crippen LogP contribution in [0.15, 0.2) is 52.3 Å². The van der Waals surface area contributed by atoms with E-state index in [-0.39, 0.29) is 6.04 Å². The van der Waals surface area contributed by atoms with Crippen LogP contribution >= 0.6 is 27.3 Å². The van der Waals surface area contributed by atoms with Crippen LogP contribution in [0, 0.1) is 0 Å². The zero-order valence-corrected chi connectivity index (χ0v) is 12.6. The number of nitrogens with zero attached hydrogens (tertiary/aromatic N) is 1. The van der Waals surface area contributed by atoms with E-state index in [1.807, 2.05) is 24.3 Å². The maximum absolute atomic E-state index is 6.26. The number of thiophene rings is 1. The van der Waals surface area contributed by atoms with Crippen molar-refractivity contribution in [3.63, 3.8) is 0 Å². The maximum atomic E-state index is 6.26. The van der Waals surface area contributed by atoms with Crippen LogP contribution in [-0.4, -0.2) is 4.98 Å². The van der Waals surface area contributed by atoms with Gasteiger partial charge in [-0.25, -0.2) is 0 Å². The standard InChI is InChI=1S/C15H13BrN2S/c16-11-7-12(19-9-11)8-13(17)15-6-5-10-3-1-2-4-14(10)18-15/h1-7,9,13H,8,17H2. The molecule has 0 saturated carbocycles. The normalized spacial score (nSPS) is 12.7. The quantitative estimate of drug-likeness (QED) is 0.776. The van der Waals surface area contributed by atoms with Crippen LogP contribution in [0.3, 0.4) is 0 Å². The fraction of sp³-hybridized carbons (Fsp3) is 0.133. The van der Waals surface area contributed by atoms with Gasteiger partial charge in [-0.15, -0.1) is 11.3 Å². The van der Waals surface area contributed by atoms with Crippen LogP contribution in [0.4, 0.5) is 0 Å². The summed E-state index contributed by atoms with van der Waals surface area (Å²) in [5, 5.41) is 3.23. The fourth-order valence-corrected chi connectivity index (χ4v) is 3.58. The summed E-state index contributed by atoms with van der Waals surface area (Å²) in [6.07, 6.45) is 0.821. The van der Waals surface area contributed by atoms with Crippen molar-refractivity contribution in [1.29, 1.82) is 0 Å². The maximum Gasteiger partial charge on any atom is 0.0706 e. The van der Waals surface area contributed by atoms with Crippen molar-refractivity contribution in [2.24, 2.45) is 5.73 Å². The summed E-state index contributed by atoms with van der Waals surface area (Å²) in [5.41, 5.74) is 8.21. The predicted octanol–water partition coefficient (Wildman–Crippen LogP) is 4.30. The summed E-state index contributed by atoms with van der Waals surface area (Å²) in [6.45, 7) is 0. The van der Waals surface area contributed by atoms with Crippen molar-refractivity contribution in [2.75, 3.05) is 0 Å². The molecule has 2 aromatic heterocycles. The van der Waals surface area contributed by atoms with Gasteiger partial charge in [0.25, 0.3) is 0 Å². The van der Waals surface area contributed by atoms with E-state index in [0.29, 0.717) is 0 Å². The molecule has 2 nitrogen and oxygen atoms in total. The minimum atomic E-state index is -0.0600. The van der Waals surface area contributed by atoms with Gasteiger partial charge in [-0.05, 0) is 34.1 Å². The van der Waals surface area contributed by atoms with Gasteiger partial charge >= 0.3 is 0 Å². The Labute approximate surface area is 124 Å². The molecule has 19 heavy (non-hydrogen) atoms. The highest BCUT2D eigenvalue weighted by molar-refractivity contribution is 9.10. The minimum absolute atomic E-state index is 0.0600. The first-order valence-corrected chi connectivity index (χ1v) is 7.74. The first kappa shape index (κ1) is 12.8. The zero-order valence-electron chi connectivity index (χ0n) is 10.2. The van der Waals surface area contributed by atoms with E-state index in [1.165, 1.54) is 4.88 Å². The van der Waals surface area contributed by atoms with Crippen molar-refractivity contribution < 1.29 is 0 Å². The number of nitrogens with two attached hydrogens (primary N) is 1. The molecule has 0 aliphatic carbocycles. The Kier molecular flexibility index (Phi) is 3.64. The summed E-state index contributed by atoms with van der Waals surface area (Å²) < 4.78 is 1.12. The van der Waals surface area contributed by atoms with Crippen LogP contribution in [-0.2, 0) is 6.42 Å². The molecule has 1 atom stereocenters. The lowest BCUT2D eigenvalue weighted by molar-refractivity contribution is 0.707. The number of halogens is 1. The van der Waals surface area contributed by atoms with Gasteiger partial charge in [0, 0.05) is 26.5 Å². The van der Waals surface area contributed by atoms with Crippen molar-refractivity contribution in [3.05, 3.63) is 62.9 Å². The van der Waals surface area contributed by atoms with E-state index < -0.39 is 0 Å². The van der Waals surface area contributed by atoms with Gasteiger partial charge in [0.05, 0.1) is 17.3 Å². The molecule has 0 aliphatic heterocycles. The van der Waals surface area contributed by atoms with E-state index in [9.17, 15) is 0 Å². The number of benzene rings is 1. The third-order valence-corrected chi connectivity index (χ3v) is 4.76. The molecule has 4 heteroatoms. The molecule has 2 N–H and O–H groups in total. The first-order chi connectivity index (χ1) is 9.22. The summed E-state index contributed by atoms with van der Waals surface area (Å²) >= 11 is 5.19. The van der Waals surface area contributed by atoms with Gasteiger partial charge in [-0.1, -0.05) is 24.3 Å². The molecule has 3 rings (SSSR count). The topological polar surface area (TPSA) is 38.9 Å². The van der Waals surface area contributed by atoms with Crippen LogP contribution < -0.4 is 5.73 Å². The number of hydrogen-bond acceptors (Lipinski definition) is 3. The van der Waals surface area contributed by atoms with Gasteiger partial charge in [-0.2, -0.15) is 0 Å². The molecule has 96 valence electrons. The summed E-state index contributed by atoms with van der Waals surface area (Å²) in [7, 11) is 0. The Morgan fingerprint density at radius 2 is 2.05 bits per heavy atom. The monoisotopic (exact) mass is 332 g/mol. The molecule has 2 heterocycles. The molecule has 0 amide bonds. The van der Waals surface area contributed by atoms with Crippen molar-refractivity contribution in [1.82, 2.24) is 4.98 Å². The molecular weight excluding hydrogens is 320 g/mol. The SMILES string of the molecule is NC(Cc1cc(Br)cs1)c1ccc2ccccc2n1. The second-order valence-electron chi connectivity index (χ2n) is 4.47. The molecule has 1 aromatic carbocycles. The average Bonchev–Trinajstić information content (AvgIpc) is 2.83. The van der Waals surface area contributed by atoms with Crippen LogP contribution in [0.2, 0.25) is 0 Å². The van der Waals surface area contributed by atoms with E-state index in [4.69, 9.17) is 5.73 Å². The molecule has 0 fully saturated rings. The lowest BCUT2D eigenvalue weighted by atomic mass is 10.1. The van der Waals surface area contributed by atoms with Gasteiger partial charge < -0.3 is 5.73 Å². The third kappa shape index (κ3) is 2.86. The van der Waals surface area contributed by atoms with Crippen LogP contribution in [0.5, 0.6) is 0 Å². The highest BCUT2D eigenvalue weighted by Crippen LogP contribution is 2.24. The number of rotatable bonds is 3. The fourth-order valence-electron chi connectivity index (χ4n) is 2.07. The second-order valence-corrected chi connectivity index (χ2v) is 6.38. The number of para-hydroxylation sites is 1. The third-order valence-electron chi connectivity index (χ3n) is 3.04. The molecule has 0 radical (unpaired) electrons. The Morgan fingerprint density at radius 1 is 1.21 bits per heavy atom. The molecule has 1 unspecified atom stereocenters. The van der Waals surface area contributed by atoms with Crippen molar-refractivity contribution in [3.8, 4) is 0 Å². The predicted molar refractivity (Wildman–Crippen MR) is 84.4 cm³/mol. The Bertz CT molecular complexity index is 708. The van der Waals surface area contributed by atoms with E-state index in [2.05, 4.69) is 44.5 Å². The van der Waals surface area contributed by atoms with Gasteiger partial charge in [0.1, 0.15) is 0 Å². The second kappa shape index (κ2) is 5.41. The summed E-state index contributed by atoms with van der Waals surface area (Å²) in [6, 6.07) is 14.3. The molecule has 0 aliphatic rings. The molecular formula is C15H13BrN2S. The lowest BCUT2D eigenvalue weighted by Gasteiger charge is -2.10. The Hall–Kier alpha value is -1.23. The van der Waals surface area contributed by atoms with Crippen molar-refractivity contribution >= 4 is 38.2 Å². The highest BCUT2D eigenvalue weighted by Gasteiger charge is 2.10. The number of fused-ring (bicyclic) bond motifs is 1. The van der Waals surface area contributed by atoms with Gasteiger partial charge in [0.2, 0.25) is 0 Å². The molecule has 0 saturated heterocycles. The molecule has 0 bridgehead atoms. The lowest BCUT2D eigenvalue weighted by Crippen LogP contribution is -2.14. The zero-order chi connectivity index (χ0) is 13.2. The summed E-state index contributed by atoms with van der Waals surface area (Å²) in [5.74, 6) is 0. The largest absolute Gasteiger partial charge is 0.322 e. The van der Waals surface area contributed by atoms with Gasteiger partial charge in [0.15, 0.2) is 0 Å². The number of aromatic nitrogens is 1. The minimum Gasteiger partial charge on any atom is -0.322 e. The summed E-state index contributed by atoms with van der Waals surface area (Å²) in [4.78, 5) is 5.92. The van der Waals surface area contributed by atoms with Crippen LogP contribution in [0.25, 0.3) is 10.9 Å². The van der Waals surface area contributed by atoms with E-state index in [0.717, 1.165) is 27.5 Å².